The van der Waals surface area contributed by atoms with Crippen molar-refractivity contribution in [3.05, 3.63) is 54.1 Å². The average Bonchev–Trinajstić information content (AvgIpc) is 2.72. The normalized spacial score (nSPS) is 14.0. The number of rotatable bonds is 6. The molecule has 0 bridgehead atoms. The molecule has 1 heterocycles. The summed E-state index contributed by atoms with van der Waals surface area (Å²) in [5.41, 5.74) is 1.22. The maximum absolute atomic E-state index is 12.4. The van der Waals surface area contributed by atoms with Crippen LogP contribution in [0, 0.1) is 0 Å². The number of carbonyl (C=O) groups is 2. The predicted molar refractivity (Wildman–Crippen MR) is 101 cm³/mol. The van der Waals surface area contributed by atoms with Gasteiger partial charge in [-0.2, -0.15) is 0 Å². The fourth-order valence-corrected chi connectivity index (χ4v) is 2.96. The molecule has 0 radical (unpaired) electrons. The largest absolute Gasteiger partial charge is 0.497 e. The number of carbonyl (C=O) groups excluding carboxylic acids is 1. The summed E-state index contributed by atoms with van der Waals surface area (Å²) in [4.78, 5) is 27.2. The highest BCUT2D eigenvalue weighted by atomic mass is 16.5. The number of anilines is 1. The van der Waals surface area contributed by atoms with Gasteiger partial charge in [0, 0.05) is 37.9 Å². The molecule has 2 aromatic carbocycles. The van der Waals surface area contributed by atoms with Gasteiger partial charge in [-0.25, -0.2) is 4.79 Å². The fraction of sp³-hybridized carbons (Fsp3) is 0.300. The third-order valence-electron chi connectivity index (χ3n) is 4.52. The van der Waals surface area contributed by atoms with Gasteiger partial charge in [-0.15, -0.1) is 0 Å². The van der Waals surface area contributed by atoms with Crippen molar-refractivity contribution < 1.29 is 24.2 Å². The molecule has 0 spiro atoms. The molecular weight excluding hydrogens is 348 g/mol. The quantitative estimate of drug-likeness (QED) is 0.839. The van der Waals surface area contributed by atoms with Crippen LogP contribution in [0.1, 0.15) is 10.4 Å². The third-order valence-corrected chi connectivity index (χ3v) is 4.52. The Kier molecular flexibility index (Phi) is 5.80. The van der Waals surface area contributed by atoms with Crippen molar-refractivity contribution in [3.8, 4) is 11.5 Å². The van der Waals surface area contributed by atoms with E-state index in [9.17, 15) is 9.59 Å². The molecule has 142 valence electrons. The van der Waals surface area contributed by atoms with E-state index in [4.69, 9.17) is 14.6 Å². The van der Waals surface area contributed by atoms with Crippen LogP contribution < -0.4 is 14.4 Å². The summed E-state index contributed by atoms with van der Waals surface area (Å²) in [6, 6.07) is 13.9. The summed E-state index contributed by atoms with van der Waals surface area (Å²) in [7, 11) is 1.58. The highest BCUT2D eigenvalue weighted by molar-refractivity contribution is 5.88. The summed E-state index contributed by atoms with van der Waals surface area (Å²) in [5, 5.41) is 8.97. The molecule has 0 saturated carbocycles. The lowest BCUT2D eigenvalue weighted by Gasteiger charge is -2.36. The van der Waals surface area contributed by atoms with Gasteiger partial charge in [-0.3, -0.25) is 4.79 Å². The van der Waals surface area contributed by atoms with E-state index in [1.807, 2.05) is 12.1 Å². The molecule has 1 saturated heterocycles. The van der Waals surface area contributed by atoms with Crippen molar-refractivity contribution in [1.82, 2.24) is 4.90 Å². The Labute approximate surface area is 157 Å². The van der Waals surface area contributed by atoms with Gasteiger partial charge >= 0.3 is 5.97 Å². The van der Waals surface area contributed by atoms with Crippen LogP contribution in [0.15, 0.2) is 48.5 Å². The molecule has 1 amide bonds. The lowest BCUT2D eigenvalue weighted by molar-refractivity contribution is -0.133. The predicted octanol–water partition coefficient (Wildman–Crippen LogP) is 2.12. The van der Waals surface area contributed by atoms with E-state index in [2.05, 4.69) is 4.90 Å². The molecule has 0 aromatic heterocycles. The fourth-order valence-electron chi connectivity index (χ4n) is 2.96. The van der Waals surface area contributed by atoms with E-state index in [0.29, 0.717) is 37.7 Å². The van der Waals surface area contributed by atoms with Gasteiger partial charge in [-0.1, -0.05) is 6.07 Å². The molecule has 2 aromatic rings. The zero-order chi connectivity index (χ0) is 19.2. The lowest BCUT2D eigenvalue weighted by atomic mass is 10.2. The number of carboxylic acids is 1. The minimum Gasteiger partial charge on any atom is -0.497 e. The first-order chi connectivity index (χ1) is 13.1. The zero-order valence-corrected chi connectivity index (χ0v) is 15.1. The Morgan fingerprint density at radius 1 is 1.00 bits per heavy atom. The number of piperazine rings is 1. The molecular formula is C20H22N2O5. The number of ether oxygens (including phenoxy) is 2. The number of hydrogen-bond acceptors (Lipinski definition) is 5. The highest BCUT2D eigenvalue weighted by Gasteiger charge is 2.21. The van der Waals surface area contributed by atoms with E-state index >= 15 is 0 Å². The van der Waals surface area contributed by atoms with Crippen LogP contribution in [0.5, 0.6) is 11.5 Å². The van der Waals surface area contributed by atoms with Crippen LogP contribution in [-0.2, 0) is 4.79 Å². The Morgan fingerprint density at radius 3 is 2.30 bits per heavy atom. The van der Waals surface area contributed by atoms with E-state index in [-0.39, 0.29) is 18.1 Å². The minimum atomic E-state index is -0.937. The Morgan fingerprint density at radius 2 is 1.67 bits per heavy atom. The lowest BCUT2D eigenvalue weighted by Crippen LogP contribution is -2.50. The van der Waals surface area contributed by atoms with Gasteiger partial charge in [0.05, 0.1) is 12.7 Å². The van der Waals surface area contributed by atoms with Gasteiger partial charge < -0.3 is 24.4 Å². The Bertz CT molecular complexity index is 798. The second-order valence-electron chi connectivity index (χ2n) is 6.19. The summed E-state index contributed by atoms with van der Waals surface area (Å²) in [6.45, 7) is 2.57. The van der Waals surface area contributed by atoms with Crippen LogP contribution >= 0.6 is 0 Å². The number of methoxy groups -OCH3 is 1. The Balaban J connectivity index is 1.49. The molecule has 0 aliphatic carbocycles. The highest BCUT2D eigenvalue weighted by Crippen LogP contribution is 2.20. The van der Waals surface area contributed by atoms with Gasteiger partial charge in [0.1, 0.15) is 11.5 Å². The van der Waals surface area contributed by atoms with Crippen molar-refractivity contribution in [1.29, 1.82) is 0 Å². The van der Waals surface area contributed by atoms with Crippen LogP contribution in [-0.4, -0.2) is 61.8 Å². The molecule has 7 nitrogen and oxygen atoms in total. The van der Waals surface area contributed by atoms with E-state index in [0.717, 1.165) is 5.69 Å². The van der Waals surface area contributed by atoms with Gasteiger partial charge in [-0.05, 0) is 36.4 Å². The maximum Gasteiger partial charge on any atom is 0.335 e. The smallest absolute Gasteiger partial charge is 0.335 e. The molecule has 7 heteroatoms. The topological polar surface area (TPSA) is 79.3 Å². The van der Waals surface area contributed by atoms with Gasteiger partial charge in [0.2, 0.25) is 0 Å². The SMILES string of the molecule is COc1cccc(OCC(=O)N2CCN(c3ccc(C(=O)O)cc3)CC2)c1. The first-order valence-electron chi connectivity index (χ1n) is 8.70. The first kappa shape index (κ1) is 18.6. The average molecular weight is 370 g/mol. The molecule has 27 heavy (non-hydrogen) atoms. The van der Waals surface area contributed by atoms with Crippen molar-refractivity contribution in [2.24, 2.45) is 0 Å². The molecule has 1 aliphatic rings. The number of carboxylic acid groups (broad SMARTS) is 1. The molecule has 1 aliphatic heterocycles. The molecule has 3 rings (SSSR count). The summed E-state index contributed by atoms with van der Waals surface area (Å²) in [5.74, 6) is 0.286. The summed E-state index contributed by atoms with van der Waals surface area (Å²) in [6.07, 6.45) is 0. The van der Waals surface area contributed by atoms with Crippen molar-refractivity contribution in [2.45, 2.75) is 0 Å². The monoisotopic (exact) mass is 370 g/mol. The first-order valence-corrected chi connectivity index (χ1v) is 8.70. The zero-order valence-electron chi connectivity index (χ0n) is 15.1. The van der Waals surface area contributed by atoms with E-state index in [1.165, 1.54) is 0 Å². The number of hydrogen-bond donors (Lipinski definition) is 1. The standard InChI is InChI=1S/C20H22N2O5/c1-26-17-3-2-4-18(13-17)27-14-19(23)22-11-9-21(10-12-22)16-7-5-15(6-8-16)20(24)25/h2-8,13H,9-12,14H2,1H3,(H,24,25). The van der Waals surface area contributed by atoms with Gasteiger partial charge in [0.15, 0.2) is 6.61 Å². The second-order valence-corrected chi connectivity index (χ2v) is 6.19. The maximum atomic E-state index is 12.4. The second kappa shape index (κ2) is 8.44. The minimum absolute atomic E-state index is 0.0134. The van der Waals surface area contributed by atoms with Crippen LogP contribution in [0.2, 0.25) is 0 Å². The van der Waals surface area contributed by atoms with Crippen LogP contribution in [0.25, 0.3) is 0 Å². The number of nitrogens with zero attached hydrogens (tertiary/aromatic N) is 2. The van der Waals surface area contributed by atoms with E-state index in [1.54, 1.807) is 48.4 Å². The third kappa shape index (κ3) is 4.69. The van der Waals surface area contributed by atoms with Crippen LogP contribution in [0.3, 0.4) is 0 Å². The van der Waals surface area contributed by atoms with E-state index < -0.39 is 5.97 Å². The summed E-state index contributed by atoms with van der Waals surface area (Å²) >= 11 is 0. The van der Waals surface area contributed by atoms with Crippen molar-refractivity contribution in [3.63, 3.8) is 0 Å². The molecule has 0 atom stereocenters. The molecule has 0 unspecified atom stereocenters. The van der Waals surface area contributed by atoms with Gasteiger partial charge in [0.25, 0.3) is 5.91 Å². The molecule has 1 N–H and O–H groups in total. The van der Waals surface area contributed by atoms with Crippen molar-refractivity contribution in [2.75, 3.05) is 44.8 Å². The van der Waals surface area contributed by atoms with Crippen LogP contribution in [0.4, 0.5) is 5.69 Å². The molecule has 1 fully saturated rings. The Hall–Kier alpha value is -3.22. The number of benzene rings is 2. The van der Waals surface area contributed by atoms with Crippen molar-refractivity contribution >= 4 is 17.6 Å². The number of amides is 1. The summed E-state index contributed by atoms with van der Waals surface area (Å²) < 4.78 is 10.7. The number of aromatic carboxylic acids is 1.